The first-order valence-corrected chi connectivity index (χ1v) is 8.92. The van der Waals surface area contributed by atoms with Crippen molar-refractivity contribution in [3.8, 4) is 11.1 Å². The van der Waals surface area contributed by atoms with Gasteiger partial charge < -0.3 is 0 Å². The van der Waals surface area contributed by atoms with Crippen molar-refractivity contribution in [2.75, 3.05) is 0 Å². The molecule has 0 amide bonds. The first-order valence-electron chi connectivity index (χ1n) is 7.60. The van der Waals surface area contributed by atoms with Crippen molar-refractivity contribution >= 4 is 28.6 Å². The highest BCUT2D eigenvalue weighted by molar-refractivity contribution is 7.08. The van der Waals surface area contributed by atoms with Gasteiger partial charge in [0.05, 0.1) is 6.20 Å². The van der Waals surface area contributed by atoms with Crippen LogP contribution >= 0.6 is 22.9 Å². The molecule has 4 rings (SSSR count). The quantitative estimate of drug-likeness (QED) is 0.500. The van der Waals surface area contributed by atoms with Gasteiger partial charge in [-0.05, 0) is 53.4 Å². The number of aryl methyl sites for hydroxylation is 2. The largest absolute Gasteiger partial charge is 0.244 e. The lowest BCUT2D eigenvalue weighted by Gasteiger charge is -2.11. The lowest BCUT2D eigenvalue weighted by molar-refractivity contribution is 0.855. The standard InChI is InChI=1S/C18H15ClN4S/c1-11-15(7-13-3-4-17(19)20-8-13)12(2)23-18(22-11)16(9-21-23)14-5-6-24-10-14/h3-6,8-10H,7H2,1-2H3. The van der Waals surface area contributed by atoms with E-state index in [1.54, 1.807) is 11.3 Å². The van der Waals surface area contributed by atoms with E-state index >= 15 is 0 Å². The summed E-state index contributed by atoms with van der Waals surface area (Å²) in [6, 6.07) is 5.91. The molecule has 4 nitrogen and oxygen atoms in total. The molecule has 24 heavy (non-hydrogen) atoms. The monoisotopic (exact) mass is 354 g/mol. The molecule has 0 radical (unpaired) electrons. The van der Waals surface area contributed by atoms with Gasteiger partial charge in [0.25, 0.3) is 0 Å². The third-order valence-electron chi connectivity index (χ3n) is 4.21. The number of aromatic nitrogens is 4. The van der Waals surface area contributed by atoms with Gasteiger partial charge in [-0.2, -0.15) is 16.4 Å². The van der Waals surface area contributed by atoms with Gasteiger partial charge in [-0.25, -0.2) is 14.5 Å². The zero-order chi connectivity index (χ0) is 16.7. The molecule has 0 unspecified atom stereocenters. The predicted octanol–water partition coefficient (Wildman–Crippen LogP) is 4.71. The zero-order valence-corrected chi connectivity index (χ0v) is 14.9. The normalized spacial score (nSPS) is 11.3. The Bertz CT molecular complexity index is 1000. The molecule has 0 aliphatic carbocycles. The highest BCUT2D eigenvalue weighted by Gasteiger charge is 2.15. The molecule has 0 saturated heterocycles. The maximum atomic E-state index is 5.87. The van der Waals surface area contributed by atoms with Crippen LogP contribution in [0.4, 0.5) is 0 Å². The summed E-state index contributed by atoms with van der Waals surface area (Å²) in [5.41, 5.74) is 7.55. The van der Waals surface area contributed by atoms with E-state index in [1.165, 1.54) is 5.56 Å². The second kappa shape index (κ2) is 6.00. The summed E-state index contributed by atoms with van der Waals surface area (Å²) in [7, 11) is 0. The van der Waals surface area contributed by atoms with Crippen molar-refractivity contribution in [3.05, 3.63) is 69.0 Å². The minimum atomic E-state index is 0.508. The fourth-order valence-electron chi connectivity index (χ4n) is 2.90. The minimum Gasteiger partial charge on any atom is -0.244 e. The molecule has 0 aliphatic heterocycles. The molecule has 6 heteroatoms. The van der Waals surface area contributed by atoms with E-state index in [0.717, 1.165) is 40.1 Å². The molecule has 4 aromatic heterocycles. The number of pyridine rings is 1. The van der Waals surface area contributed by atoms with Crippen molar-refractivity contribution < 1.29 is 0 Å². The van der Waals surface area contributed by atoms with Crippen molar-refractivity contribution in [1.82, 2.24) is 19.6 Å². The van der Waals surface area contributed by atoms with Crippen molar-refractivity contribution in [3.63, 3.8) is 0 Å². The summed E-state index contributed by atoms with van der Waals surface area (Å²) in [4.78, 5) is 8.98. The summed E-state index contributed by atoms with van der Waals surface area (Å²) in [5.74, 6) is 0. The van der Waals surface area contributed by atoms with Gasteiger partial charge in [0.15, 0.2) is 5.65 Å². The summed E-state index contributed by atoms with van der Waals surface area (Å²) in [6.45, 7) is 4.14. The molecule has 0 saturated carbocycles. The molecule has 0 N–H and O–H groups in total. The van der Waals surface area contributed by atoms with Gasteiger partial charge in [-0.15, -0.1) is 0 Å². The van der Waals surface area contributed by atoms with Crippen LogP contribution in [0.1, 0.15) is 22.5 Å². The molecule has 4 aromatic rings. The van der Waals surface area contributed by atoms with E-state index < -0.39 is 0 Å². The lowest BCUT2D eigenvalue weighted by atomic mass is 10.0. The molecule has 0 fully saturated rings. The van der Waals surface area contributed by atoms with Crippen LogP contribution in [0.2, 0.25) is 5.15 Å². The topological polar surface area (TPSA) is 43.1 Å². The van der Waals surface area contributed by atoms with Crippen LogP contribution in [0.3, 0.4) is 0 Å². The Morgan fingerprint density at radius 2 is 2.04 bits per heavy atom. The number of rotatable bonds is 3. The molecular formula is C18H15ClN4S. The summed E-state index contributed by atoms with van der Waals surface area (Å²) >= 11 is 7.55. The van der Waals surface area contributed by atoms with Crippen LogP contribution in [0.15, 0.2) is 41.4 Å². The first-order chi connectivity index (χ1) is 11.6. The van der Waals surface area contributed by atoms with Crippen LogP contribution in [-0.2, 0) is 6.42 Å². The molecule has 120 valence electrons. The minimum absolute atomic E-state index is 0.508. The molecule has 4 heterocycles. The maximum absolute atomic E-state index is 5.87. The number of fused-ring (bicyclic) bond motifs is 1. The highest BCUT2D eigenvalue weighted by atomic mass is 35.5. The van der Waals surface area contributed by atoms with Gasteiger partial charge in [0, 0.05) is 29.6 Å². The van der Waals surface area contributed by atoms with E-state index in [-0.39, 0.29) is 0 Å². The average Bonchev–Trinajstić information content (AvgIpc) is 3.22. The second-order valence-electron chi connectivity index (χ2n) is 5.73. The Hall–Kier alpha value is -2.24. The Balaban J connectivity index is 1.82. The SMILES string of the molecule is Cc1nc2c(-c3ccsc3)cnn2c(C)c1Cc1ccc(Cl)nc1. The smallest absolute Gasteiger partial charge is 0.163 e. The Kier molecular flexibility index (Phi) is 3.82. The van der Waals surface area contributed by atoms with Crippen LogP contribution in [0.5, 0.6) is 0 Å². The summed E-state index contributed by atoms with van der Waals surface area (Å²) in [6.07, 6.45) is 4.47. The van der Waals surface area contributed by atoms with Crippen LogP contribution in [0.25, 0.3) is 16.8 Å². The van der Waals surface area contributed by atoms with Crippen molar-refractivity contribution in [1.29, 1.82) is 0 Å². The molecular weight excluding hydrogens is 340 g/mol. The van der Waals surface area contributed by atoms with Crippen LogP contribution < -0.4 is 0 Å². The van der Waals surface area contributed by atoms with Gasteiger partial charge in [0.2, 0.25) is 0 Å². The van der Waals surface area contributed by atoms with Gasteiger partial charge in [-0.3, -0.25) is 0 Å². The average molecular weight is 355 g/mol. The number of hydrogen-bond acceptors (Lipinski definition) is 4. The molecule has 0 aromatic carbocycles. The van der Waals surface area contributed by atoms with E-state index in [2.05, 4.69) is 40.8 Å². The van der Waals surface area contributed by atoms with Gasteiger partial charge >= 0.3 is 0 Å². The number of thiophene rings is 1. The number of halogens is 1. The van der Waals surface area contributed by atoms with E-state index in [4.69, 9.17) is 16.6 Å². The fourth-order valence-corrected chi connectivity index (χ4v) is 3.67. The lowest BCUT2D eigenvalue weighted by Crippen LogP contribution is -2.06. The van der Waals surface area contributed by atoms with Crippen LogP contribution in [0, 0.1) is 13.8 Å². The Labute approximate surface area is 148 Å². The van der Waals surface area contributed by atoms with Crippen molar-refractivity contribution in [2.24, 2.45) is 0 Å². The van der Waals surface area contributed by atoms with Crippen LogP contribution in [-0.4, -0.2) is 19.6 Å². The highest BCUT2D eigenvalue weighted by Crippen LogP contribution is 2.28. The first kappa shape index (κ1) is 15.3. The van der Waals surface area contributed by atoms with E-state index in [1.807, 2.05) is 29.0 Å². The van der Waals surface area contributed by atoms with Gasteiger partial charge in [0.1, 0.15) is 5.15 Å². The third kappa shape index (κ3) is 2.60. The third-order valence-corrected chi connectivity index (χ3v) is 5.12. The molecule has 0 bridgehead atoms. The second-order valence-corrected chi connectivity index (χ2v) is 6.90. The maximum Gasteiger partial charge on any atom is 0.163 e. The fraction of sp³-hybridized carbons (Fsp3) is 0.167. The van der Waals surface area contributed by atoms with E-state index in [9.17, 15) is 0 Å². The Morgan fingerprint density at radius 1 is 1.17 bits per heavy atom. The number of nitrogens with zero attached hydrogens (tertiary/aromatic N) is 4. The molecule has 0 spiro atoms. The predicted molar refractivity (Wildman–Crippen MR) is 97.8 cm³/mol. The van der Waals surface area contributed by atoms with E-state index in [0.29, 0.717) is 5.15 Å². The van der Waals surface area contributed by atoms with Crippen molar-refractivity contribution in [2.45, 2.75) is 20.3 Å². The molecule has 0 atom stereocenters. The summed E-state index contributed by atoms with van der Waals surface area (Å²) < 4.78 is 1.93. The molecule has 0 aliphatic rings. The summed E-state index contributed by atoms with van der Waals surface area (Å²) in [5, 5.41) is 9.25. The Morgan fingerprint density at radius 3 is 2.75 bits per heavy atom. The zero-order valence-electron chi connectivity index (χ0n) is 13.3. The van der Waals surface area contributed by atoms with Gasteiger partial charge in [-0.1, -0.05) is 17.7 Å². The number of hydrogen-bond donors (Lipinski definition) is 0.